The van der Waals surface area contributed by atoms with Gasteiger partial charge in [0.15, 0.2) is 5.82 Å². The lowest BCUT2D eigenvalue weighted by molar-refractivity contribution is -0.137. The molecule has 0 spiro atoms. The predicted molar refractivity (Wildman–Crippen MR) is 205 cm³/mol. The molecule has 0 saturated carbocycles. The second kappa shape index (κ2) is 19.0. The van der Waals surface area contributed by atoms with E-state index in [1.165, 1.54) is 45.9 Å². The monoisotopic (exact) mass is 794 g/mol. The molecule has 7 rings (SSSR count). The predicted octanol–water partition coefficient (Wildman–Crippen LogP) is 8.09. The van der Waals surface area contributed by atoms with Gasteiger partial charge in [0.1, 0.15) is 34.4 Å². The van der Waals surface area contributed by atoms with Crippen LogP contribution in [0.25, 0.3) is 32.1 Å². The molecule has 3 aliphatic rings. The molecule has 0 aliphatic carbocycles. The molecule has 3 saturated heterocycles. The molecule has 300 valence electrons. The van der Waals surface area contributed by atoms with Crippen LogP contribution in [-0.2, 0) is 11.0 Å². The van der Waals surface area contributed by atoms with E-state index in [0.29, 0.717) is 30.0 Å². The Labute approximate surface area is 321 Å². The highest BCUT2D eigenvalue weighted by Gasteiger charge is 2.38. The van der Waals surface area contributed by atoms with E-state index in [-0.39, 0.29) is 50.0 Å². The van der Waals surface area contributed by atoms with Gasteiger partial charge in [-0.15, -0.1) is 11.3 Å². The number of ether oxygens (including phenoxy) is 1. The van der Waals surface area contributed by atoms with Gasteiger partial charge >= 0.3 is 12.2 Å². The first kappa shape index (κ1) is 43.3. The van der Waals surface area contributed by atoms with Crippen molar-refractivity contribution in [1.29, 1.82) is 5.26 Å². The standard InChI is InChI=1S/C21H14F5N5OS.C7H12FN.C5H11NO.C5H11N/c1-3-29-19-9-6-11(21(24,25)26)14(15(23)16(9)30-20(31-19)32-2)8-4-5-12(22)17-13(8)10(7-27)18(28)33-17;8-6-4-7-2-1-3-9(7)5-6;1-5(2)6(3)4-7;1-6-4-2-3-5-6/h4-6H,3,28H2,1-2H3,(H,29,30,31);6-7H,1-5H2;4-5H,1-3H3;2-5H2,1H3. The third-order valence-electron chi connectivity index (χ3n) is 9.71. The van der Waals surface area contributed by atoms with Gasteiger partial charge in [0.05, 0.1) is 22.9 Å². The average Bonchev–Trinajstić information content (AvgIpc) is 3.94. The van der Waals surface area contributed by atoms with Crippen LogP contribution in [0.4, 0.5) is 37.2 Å². The number of nitrogens with zero attached hydrogens (tertiary/aromatic N) is 6. The number of benzene rings is 2. The summed E-state index contributed by atoms with van der Waals surface area (Å²) in [7, 11) is 5.17. The SMILES string of the molecule is CC(C)N(C)C=O.CCNc1nc(OC)nc2c(F)c(-c3ccc(F)c4sc(N)c(C#N)c34)c(C(F)(F)F)cc12.CN1CCCC1.FC1CC2CCCN2C1. The molecule has 5 heterocycles. The number of carbonyl (C=O) groups excluding carboxylic acids is 1. The van der Waals surface area contributed by atoms with Crippen LogP contribution in [-0.4, -0.2) is 103 Å². The Hall–Kier alpha value is -4.40. The molecule has 2 atom stereocenters. The molecule has 2 unspecified atom stereocenters. The van der Waals surface area contributed by atoms with Crippen molar-refractivity contribution in [3.63, 3.8) is 0 Å². The number of amides is 1. The zero-order valence-corrected chi connectivity index (χ0v) is 32.7. The summed E-state index contributed by atoms with van der Waals surface area (Å²) in [5.41, 5.74) is 2.59. The van der Waals surface area contributed by atoms with E-state index in [1.54, 1.807) is 24.9 Å². The van der Waals surface area contributed by atoms with Crippen LogP contribution in [0, 0.1) is 23.0 Å². The number of rotatable bonds is 6. The van der Waals surface area contributed by atoms with Gasteiger partial charge in [-0.05, 0) is 97.3 Å². The second-order valence-corrected chi connectivity index (χ2v) is 14.9. The normalized spacial score (nSPS) is 18.1. The van der Waals surface area contributed by atoms with Crippen molar-refractivity contribution in [1.82, 2.24) is 24.7 Å². The second-order valence-electron chi connectivity index (χ2n) is 13.8. The number of hydrogen-bond acceptors (Lipinski definition) is 10. The molecule has 55 heavy (non-hydrogen) atoms. The van der Waals surface area contributed by atoms with Gasteiger partial charge in [0.2, 0.25) is 6.41 Å². The van der Waals surface area contributed by atoms with E-state index in [1.807, 2.05) is 13.8 Å². The zero-order valence-electron chi connectivity index (χ0n) is 31.9. The van der Waals surface area contributed by atoms with E-state index in [4.69, 9.17) is 10.5 Å². The molecule has 10 nitrogen and oxygen atoms in total. The highest BCUT2D eigenvalue weighted by Crippen LogP contribution is 2.47. The fourth-order valence-electron chi connectivity index (χ4n) is 6.62. The van der Waals surface area contributed by atoms with Gasteiger partial charge in [-0.2, -0.15) is 28.4 Å². The fraction of sp³-hybridized carbons (Fsp3) is 0.526. The van der Waals surface area contributed by atoms with Crippen LogP contribution in [0.2, 0.25) is 0 Å². The number of carbonyl (C=O) groups is 1. The highest BCUT2D eigenvalue weighted by atomic mass is 32.1. The summed E-state index contributed by atoms with van der Waals surface area (Å²) in [4.78, 5) is 24.0. The van der Waals surface area contributed by atoms with Gasteiger partial charge in [0.25, 0.3) is 0 Å². The number of likely N-dealkylation sites (tertiary alicyclic amines) is 1. The summed E-state index contributed by atoms with van der Waals surface area (Å²) in [6, 6.07) is 5.08. The molecule has 0 bridgehead atoms. The third-order valence-corrected chi connectivity index (χ3v) is 10.7. The molecular formula is C38H48F6N8O2S. The summed E-state index contributed by atoms with van der Waals surface area (Å²) < 4.78 is 90.2. The number of nitrogens with two attached hydrogens (primary N) is 1. The Kier molecular flexibility index (Phi) is 14.9. The number of hydrogen-bond donors (Lipinski definition) is 2. The molecule has 1 amide bonds. The number of nitriles is 1. The number of methoxy groups -OCH3 is 1. The molecule has 3 N–H and O–H groups in total. The summed E-state index contributed by atoms with van der Waals surface area (Å²) in [6.07, 6.45) is 1.47. The van der Waals surface area contributed by atoms with Crippen LogP contribution in [0.1, 0.15) is 64.0 Å². The maximum Gasteiger partial charge on any atom is 0.417 e. The molecular weight excluding hydrogens is 747 g/mol. The van der Waals surface area contributed by atoms with Gasteiger partial charge in [-0.25, -0.2) is 13.2 Å². The van der Waals surface area contributed by atoms with Crippen LogP contribution >= 0.6 is 11.3 Å². The van der Waals surface area contributed by atoms with Crippen molar-refractivity contribution < 1.29 is 35.9 Å². The lowest BCUT2D eigenvalue weighted by Crippen LogP contribution is -2.23. The highest BCUT2D eigenvalue weighted by molar-refractivity contribution is 7.23. The quantitative estimate of drug-likeness (QED) is 0.147. The van der Waals surface area contributed by atoms with Gasteiger partial charge in [0, 0.05) is 48.6 Å². The largest absolute Gasteiger partial charge is 0.467 e. The number of alkyl halides is 4. The molecule has 2 aromatic carbocycles. The number of thiophene rings is 1. The summed E-state index contributed by atoms with van der Waals surface area (Å²) in [5, 5.41) is 11.8. The first-order chi connectivity index (χ1) is 26.1. The van der Waals surface area contributed by atoms with E-state index < -0.39 is 40.6 Å². The maximum absolute atomic E-state index is 15.9. The molecule has 3 aliphatic heterocycles. The fourth-order valence-corrected chi connectivity index (χ4v) is 7.57. The molecule has 4 aromatic rings. The topological polar surface area (TPSA) is 124 Å². The lowest BCUT2D eigenvalue weighted by Gasteiger charge is -2.18. The summed E-state index contributed by atoms with van der Waals surface area (Å²) >= 11 is 0.698. The minimum Gasteiger partial charge on any atom is -0.467 e. The first-order valence-electron chi connectivity index (χ1n) is 18.1. The third kappa shape index (κ3) is 10.3. The van der Waals surface area contributed by atoms with Gasteiger partial charge < -0.3 is 25.6 Å². The minimum absolute atomic E-state index is 0.0444. The number of aromatic nitrogens is 2. The number of fused-ring (bicyclic) bond motifs is 3. The first-order valence-corrected chi connectivity index (χ1v) is 18.9. The molecule has 0 radical (unpaired) electrons. The Bertz CT molecular complexity index is 1970. The zero-order chi connectivity index (χ0) is 40.6. The Balaban J connectivity index is 0.000000244. The van der Waals surface area contributed by atoms with Crippen LogP contribution in [0.5, 0.6) is 6.01 Å². The molecule has 2 aromatic heterocycles. The Morgan fingerprint density at radius 2 is 1.87 bits per heavy atom. The van der Waals surface area contributed by atoms with E-state index in [0.717, 1.165) is 37.6 Å². The van der Waals surface area contributed by atoms with Crippen LogP contribution in [0.15, 0.2) is 18.2 Å². The van der Waals surface area contributed by atoms with Crippen molar-refractivity contribution in [2.45, 2.75) is 77.3 Å². The van der Waals surface area contributed by atoms with Crippen molar-refractivity contribution in [2.75, 3.05) is 65.0 Å². The van der Waals surface area contributed by atoms with Gasteiger partial charge in [-0.1, -0.05) is 6.07 Å². The van der Waals surface area contributed by atoms with Crippen molar-refractivity contribution in [3.05, 3.63) is 41.0 Å². The number of anilines is 2. The summed E-state index contributed by atoms with van der Waals surface area (Å²) in [5.74, 6) is -2.15. The van der Waals surface area contributed by atoms with Gasteiger partial charge in [-0.3, -0.25) is 9.69 Å². The number of halogens is 6. The van der Waals surface area contributed by atoms with Crippen molar-refractivity contribution in [2.24, 2.45) is 0 Å². The molecule has 3 fully saturated rings. The van der Waals surface area contributed by atoms with Crippen molar-refractivity contribution >= 4 is 49.6 Å². The summed E-state index contributed by atoms with van der Waals surface area (Å²) in [6.45, 7) is 10.4. The maximum atomic E-state index is 15.9. The molecule has 17 heteroatoms. The smallest absolute Gasteiger partial charge is 0.417 e. The van der Waals surface area contributed by atoms with Crippen LogP contribution in [0.3, 0.4) is 0 Å². The number of nitrogens with one attached hydrogen (secondary N) is 1. The Morgan fingerprint density at radius 3 is 2.38 bits per heavy atom. The number of nitrogen functional groups attached to an aromatic ring is 1. The van der Waals surface area contributed by atoms with E-state index in [2.05, 4.69) is 32.1 Å². The average molecular weight is 795 g/mol. The Morgan fingerprint density at radius 1 is 1.18 bits per heavy atom. The van der Waals surface area contributed by atoms with Crippen molar-refractivity contribution in [3.8, 4) is 23.2 Å². The minimum atomic E-state index is -5.00. The van der Waals surface area contributed by atoms with E-state index in [9.17, 15) is 32.0 Å². The van der Waals surface area contributed by atoms with E-state index >= 15 is 4.39 Å². The van der Waals surface area contributed by atoms with Crippen LogP contribution < -0.4 is 15.8 Å². The lowest BCUT2D eigenvalue weighted by atomic mass is 9.92.